The molecule has 3 rings (SSSR count). The lowest BCUT2D eigenvalue weighted by atomic mass is 10.1. The van der Waals surface area contributed by atoms with Crippen LogP contribution < -0.4 is 10.6 Å². The van der Waals surface area contributed by atoms with Gasteiger partial charge in [0.1, 0.15) is 11.4 Å². The molecule has 3 N–H and O–H groups in total. The molecule has 5 heteroatoms. The zero-order chi connectivity index (χ0) is 17.1. The van der Waals surface area contributed by atoms with Crippen molar-refractivity contribution in [2.24, 2.45) is 10.2 Å². The normalized spacial score (nSPS) is 11.2. The number of aromatic hydroxyl groups is 1. The molecule has 0 saturated carbocycles. The average Bonchev–Trinajstić information content (AvgIpc) is 2.61. The van der Waals surface area contributed by atoms with Crippen molar-refractivity contribution in [2.75, 3.05) is 24.2 Å². The first-order valence-corrected chi connectivity index (χ1v) is 7.82. The molecule has 24 heavy (non-hydrogen) atoms. The van der Waals surface area contributed by atoms with Crippen LogP contribution in [0.25, 0.3) is 10.8 Å². The minimum atomic E-state index is 0.109. The summed E-state index contributed by atoms with van der Waals surface area (Å²) in [7, 11) is 2.03. The van der Waals surface area contributed by atoms with E-state index in [1.54, 1.807) is 30.3 Å². The van der Waals surface area contributed by atoms with Crippen molar-refractivity contribution >= 4 is 33.5 Å². The Bertz CT molecular complexity index is 888. The minimum Gasteiger partial charge on any atom is -0.506 e. The number of anilines is 2. The second-order valence-electron chi connectivity index (χ2n) is 5.64. The Morgan fingerprint density at radius 3 is 2.42 bits per heavy atom. The van der Waals surface area contributed by atoms with Gasteiger partial charge in [-0.2, -0.15) is 5.11 Å². The largest absolute Gasteiger partial charge is 0.506 e. The molecule has 3 aromatic carbocycles. The predicted octanol–water partition coefficient (Wildman–Crippen LogP) is 5.00. The van der Waals surface area contributed by atoms with E-state index >= 15 is 0 Å². The molecular weight excluding hydrogens is 300 g/mol. The number of phenols is 1. The van der Waals surface area contributed by atoms with Gasteiger partial charge in [0.15, 0.2) is 0 Å². The first-order chi connectivity index (χ1) is 11.6. The molecule has 0 saturated heterocycles. The van der Waals surface area contributed by atoms with E-state index in [0.29, 0.717) is 17.1 Å². The number of fused-ring (bicyclic) bond motifs is 1. The van der Waals surface area contributed by atoms with E-state index in [-0.39, 0.29) is 5.75 Å². The zero-order valence-corrected chi connectivity index (χ0v) is 13.8. The molecule has 0 aromatic heterocycles. The molecule has 3 aromatic rings. The molecule has 0 atom stereocenters. The van der Waals surface area contributed by atoms with Gasteiger partial charge in [0.05, 0.1) is 5.69 Å². The van der Waals surface area contributed by atoms with Gasteiger partial charge in [-0.15, -0.1) is 5.11 Å². The maximum Gasteiger partial charge on any atom is 0.143 e. The molecule has 0 aliphatic heterocycles. The Morgan fingerprint density at radius 1 is 1.00 bits per heavy atom. The van der Waals surface area contributed by atoms with Crippen molar-refractivity contribution in [3.63, 3.8) is 0 Å². The van der Waals surface area contributed by atoms with Crippen LogP contribution in [-0.2, 0) is 0 Å². The van der Waals surface area contributed by atoms with Crippen molar-refractivity contribution in [2.45, 2.75) is 6.92 Å². The maximum atomic E-state index is 10.2. The Kier molecular flexibility index (Phi) is 4.33. The van der Waals surface area contributed by atoms with Gasteiger partial charge in [0.2, 0.25) is 0 Å². The summed E-state index contributed by atoms with van der Waals surface area (Å²) < 4.78 is 0. The third-order valence-corrected chi connectivity index (χ3v) is 4.03. The van der Waals surface area contributed by atoms with Gasteiger partial charge in [-0.05, 0) is 54.8 Å². The zero-order valence-electron chi connectivity index (χ0n) is 13.8. The second kappa shape index (κ2) is 6.58. The van der Waals surface area contributed by atoms with E-state index in [0.717, 1.165) is 23.0 Å². The lowest BCUT2D eigenvalue weighted by Crippen LogP contribution is -2.15. The van der Waals surface area contributed by atoms with E-state index in [1.165, 1.54) is 0 Å². The van der Waals surface area contributed by atoms with Gasteiger partial charge in [-0.3, -0.25) is 0 Å². The van der Waals surface area contributed by atoms with Gasteiger partial charge < -0.3 is 15.7 Å². The highest BCUT2D eigenvalue weighted by Gasteiger charge is 2.09. The minimum absolute atomic E-state index is 0.109. The van der Waals surface area contributed by atoms with Crippen LogP contribution in [0.2, 0.25) is 0 Å². The van der Waals surface area contributed by atoms with Crippen molar-refractivity contribution in [1.82, 2.24) is 0 Å². The van der Waals surface area contributed by atoms with Crippen molar-refractivity contribution in [1.29, 1.82) is 0 Å². The van der Waals surface area contributed by atoms with E-state index < -0.39 is 0 Å². The molecule has 0 fully saturated rings. The van der Waals surface area contributed by atoms with Crippen LogP contribution in [0.3, 0.4) is 0 Å². The highest BCUT2D eigenvalue weighted by Crippen LogP contribution is 2.37. The molecule has 0 amide bonds. The molecular formula is C19H20N4O. The summed E-state index contributed by atoms with van der Waals surface area (Å²) in [6.07, 6.45) is 0. The van der Waals surface area contributed by atoms with Crippen LogP contribution in [-0.4, -0.2) is 18.7 Å². The average molecular weight is 320 g/mol. The van der Waals surface area contributed by atoms with Crippen LogP contribution in [0.5, 0.6) is 5.75 Å². The summed E-state index contributed by atoms with van der Waals surface area (Å²) >= 11 is 0. The van der Waals surface area contributed by atoms with Crippen molar-refractivity contribution in [3.05, 3.63) is 54.6 Å². The Morgan fingerprint density at radius 2 is 1.71 bits per heavy atom. The SMILES string of the molecule is CCN(C)c1ccc2ccc(O)c(N=Nc3ccc(N)cc3)c2c1. The van der Waals surface area contributed by atoms with E-state index in [9.17, 15) is 5.11 Å². The molecule has 0 heterocycles. The third-order valence-electron chi connectivity index (χ3n) is 4.03. The number of azo groups is 1. The van der Waals surface area contributed by atoms with Crippen molar-refractivity contribution < 1.29 is 5.11 Å². The number of nitrogen functional groups attached to an aromatic ring is 1. The molecule has 5 nitrogen and oxygen atoms in total. The van der Waals surface area contributed by atoms with Gasteiger partial charge in [-0.25, -0.2) is 0 Å². The first kappa shape index (κ1) is 15.8. The molecule has 0 unspecified atom stereocenters. The summed E-state index contributed by atoms with van der Waals surface area (Å²) in [5, 5.41) is 20.6. The summed E-state index contributed by atoms with van der Waals surface area (Å²) in [6.45, 7) is 2.99. The Balaban J connectivity index is 2.07. The maximum absolute atomic E-state index is 10.2. The fourth-order valence-corrected chi connectivity index (χ4v) is 2.45. The van der Waals surface area contributed by atoms with Crippen LogP contribution in [0.4, 0.5) is 22.7 Å². The number of hydrogen-bond donors (Lipinski definition) is 2. The lowest BCUT2D eigenvalue weighted by molar-refractivity contribution is 0.477. The number of nitrogens with two attached hydrogens (primary N) is 1. The van der Waals surface area contributed by atoms with Crippen LogP contribution in [0.1, 0.15) is 6.92 Å². The highest BCUT2D eigenvalue weighted by atomic mass is 16.3. The highest BCUT2D eigenvalue weighted by molar-refractivity contribution is 5.97. The predicted molar refractivity (Wildman–Crippen MR) is 99.6 cm³/mol. The number of rotatable bonds is 4. The van der Waals surface area contributed by atoms with Crippen LogP contribution >= 0.6 is 0 Å². The van der Waals surface area contributed by atoms with Crippen LogP contribution in [0, 0.1) is 0 Å². The fourth-order valence-electron chi connectivity index (χ4n) is 2.45. The summed E-state index contributed by atoms with van der Waals surface area (Å²) in [4.78, 5) is 2.13. The number of phenolic OH excluding ortho intramolecular Hbond substituents is 1. The first-order valence-electron chi connectivity index (χ1n) is 7.82. The second-order valence-corrected chi connectivity index (χ2v) is 5.64. The smallest absolute Gasteiger partial charge is 0.143 e. The summed E-state index contributed by atoms with van der Waals surface area (Å²) in [5.41, 5.74) is 8.57. The Labute approximate surface area is 141 Å². The van der Waals surface area contributed by atoms with Gasteiger partial charge in [0, 0.05) is 30.4 Å². The molecule has 0 bridgehead atoms. The van der Waals surface area contributed by atoms with Gasteiger partial charge in [0.25, 0.3) is 0 Å². The molecule has 0 aliphatic rings. The lowest BCUT2D eigenvalue weighted by Gasteiger charge is -2.17. The molecule has 122 valence electrons. The monoisotopic (exact) mass is 320 g/mol. The Hall–Kier alpha value is -3.08. The fraction of sp³-hybridized carbons (Fsp3) is 0.158. The quantitative estimate of drug-likeness (QED) is 0.525. The number of benzene rings is 3. The number of hydrogen-bond acceptors (Lipinski definition) is 5. The van der Waals surface area contributed by atoms with E-state index in [1.807, 2.05) is 25.2 Å². The summed E-state index contributed by atoms with van der Waals surface area (Å²) in [6, 6.07) is 16.7. The summed E-state index contributed by atoms with van der Waals surface area (Å²) in [5.74, 6) is 0.109. The van der Waals surface area contributed by atoms with Gasteiger partial charge >= 0.3 is 0 Å². The van der Waals surface area contributed by atoms with Crippen molar-refractivity contribution in [3.8, 4) is 5.75 Å². The standard InChI is InChI=1S/C19H20N4O/c1-3-23(2)16-10-4-13-5-11-18(24)19(17(13)12-16)22-21-15-8-6-14(20)7-9-15/h4-12,24H,3,20H2,1-2H3. The molecule has 0 spiro atoms. The topological polar surface area (TPSA) is 74.2 Å². The molecule has 0 radical (unpaired) electrons. The number of nitrogens with zero attached hydrogens (tertiary/aromatic N) is 3. The molecule has 0 aliphatic carbocycles. The van der Waals surface area contributed by atoms with Gasteiger partial charge in [-0.1, -0.05) is 12.1 Å². The van der Waals surface area contributed by atoms with Crippen LogP contribution in [0.15, 0.2) is 64.8 Å². The van der Waals surface area contributed by atoms with E-state index in [4.69, 9.17) is 5.73 Å². The van der Waals surface area contributed by atoms with E-state index in [2.05, 4.69) is 28.1 Å². The third kappa shape index (κ3) is 3.15.